The SMILES string of the molecule is COCC1CCCN(c2ccc(CO)c(C)n2)C1. The third-order valence-corrected chi connectivity index (χ3v) is 3.60. The third-order valence-electron chi connectivity index (χ3n) is 3.60. The smallest absolute Gasteiger partial charge is 0.128 e. The molecule has 0 saturated carbocycles. The molecule has 4 nitrogen and oxygen atoms in total. The second-order valence-corrected chi connectivity index (χ2v) is 4.98. The second-order valence-electron chi connectivity index (χ2n) is 4.98. The molecule has 1 unspecified atom stereocenters. The number of aliphatic hydroxyl groups excluding tert-OH is 1. The van der Waals surface area contributed by atoms with Crippen LogP contribution in [0.15, 0.2) is 12.1 Å². The van der Waals surface area contributed by atoms with Gasteiger partial charge in [0, 0.05) is 25.9 Å². The lowest BCUT2D eigenvalue weighted by Crippen LogP contribution is -2.37. The predicted octanol–water partition coefficient (Wildman–Crippen LogP) is 1.75. The average Bonchev–Trinajstić information content (AvgIpc) is 2.39. The van der Waals surface area contributed by atoms with Gasteiger partial charge in [0.2, 0.25) is 0 Å². The summed E-state index contributed by atoms with van der Waals surface area (Å²) in [7, 11) is 1.76. The molecular weight excluding hydrogens is 228 g/mol. The van der Waals surface area contributed by atoms with Crippen LogP contribution in [0.2, 0.25) is 0 Å². The van der Waals surface area contributed by atoms with E-state index in [2.05, 4.69) is 9.88 Å². The summed E-state index contributed by atoms with van der Waals surface area (Å²) in [5.74, 6) is 1.62. The number of piperidine rings is 1. The van der Waals surface area contributed by atoms with Crippen LogP contribution in [-0.2, 0) is 11.3 Å². The highest BCUT2D eigenvalue weighted by Gasteiger charge is 2.21. The van der Waals surface area contributed by atoms with Crippen molar-refractivity contribution < 1.29 is 9.84 Å². The quantitative estimate of drug-likeness (QED) is 0.884. The number of hydrogen-bond donors (Lipinski definition) is 1. The van der Waals surface area contributed by atoms with E-state index in [1.807, 2.05) is 19.1 Å². The Bertz CT molecular complexity index is 393. The Morgan fingerprint density at radius 2 is 2.33 bits per heavy atom. The molecule has 0 aliphatic carbocycles. The lowest BCUT2D eigenvalue weighted by molar-refractivity contribution is 0.143. The van der Waals surface area contributed by atoms with E-state index in [4.69, 9.17) is 9.84 Å². The van der Waals surface area contributed by atoms with Crippen LogP contribution in [0, 0.1) is 12.8 Å². The topological polar surface area (TPSA) is 45.6 Å². The fourth-order valence-corrected chi connectivity index (χ4v) is 2.56. The molecule has 1 N–H and O–H groups in total. The molecule has 1 aromatic rings. The van der Waals surface area contributed by atoms with Gasteiger partial charge in [-0.3, -0.25) is 0 Å². The molecule has 1 saturated heterocycles. The lowest BCUT2D eigenvalue weighted by atomic mass is 9.99. The maximum atomic E-state index is 9.16. The van der Waals surface area contributed by atoms with Gasteiger partial charge in [0.15, 0.2) is 0 Å². The summed E-state index contributed by atoms with van der Waals surface area (Å²) in [5.41, 5.74) is 1.83. The third kappa shape index (κ3) is 3.00. The molecule has 1 aliphatic heterocycles. The number of aromatic nitrogens is 1. The van der Waals surface area contributed by atoms with E-state index >= 15 is 0 Å². The molecule has 100 valence electrons. The van der Waals surface area contributed by atoms with Crippen molar-refractivity contribution in [1.29, 1.82) is 0 Å². The Hall–Kier alpha value is -1.13. The first kappa shape index (κ1) is 13.3. The molecule has 2 heterocycles. The molecule has 0 spiro atoms. The first-order valence-electron chi connectivity index (χ1n) is 6.56. The van der Waals surface area contributed by atoms with Gasteiger partial charge in [0.1, 0.15) is 5.82 Å². The van der Waals surface area contributed by atoms with E-state index in [0.717, 1.165) is 36.8 Å². The first-order chi connectivity index (χ1) is 8.74. The minimum Gasteiger partial charge on any atom is -0.392 e. The van der Waals surface area contributed by atoms with Crippen molar-refractivity contribution in [2.75, 3.05) is 31.7 Å². The van der Waals surface area contributed by atoms with Crippen LogP contribution in [0.1, 0.15) is 24.1 Å². The molecular formula is C14H22N2O2. The standard InChI is InChI=1S/C14H22N2O2/c1-11-13(9-17)5-6-14(15-11)16-7-3-4-12(8-16)10-18-2/h5-6,12,17H,3-4,7-10H2,1-2H3. The van der Waals surface area contributed by atoms with E-state index in [9.17, 15) is 0 Å². The van der Waals surface area contributed by atoms with Crippen molar-refractivity contribution >= 4 is 5.82 Å². The maximum Gasteiger partial charge on any atom is 0.128 e. The fraction of sp³-hybridized carbons (Fsp3) is 0.643. The second kappa shape index (κ2) is 6.16. The molecule has 0 bridgehead atoms. The predicted molar refractivity (Wildman–Crippen MR) is 71.7 cm³/mol. The molecule has 1 atom stereocenters. The number of hydrogen-bond acceptors (Lipinski definition) is 4. The van der Waals surface area contributed by atoms with Crippen LogP contribution < -0.4 is 4.90 Å². The van der Waals surface area contributed by atoms with Crippen LogP contribution in [0.5, 0.6) is 0 Å². The van der Waals surface area contributed by atoms with Gasteiger partial charge in [0.05, 0.1) is 13.2 Å². The number of ether oxygens (including phenoxy) is 1. The Labute approximate surface area is 109 Å². The van der Waals surface area contributed by atoms with Gasteiger partial charge in [-0.25, -0.2) is 4.98 Å². The van der Waals surface area contributed by atoms with Gasteiger partial charge in [0.25, 0.3) is 0 Å². The normalized spacial score (nSPS) is 20.2. The van der Waals surface area contributed by atoms with Gasteiger partial charge in [-0.1, -0.05) is 6.07 Å². The van der Waals surface area contributed by atoms with Crippen molar-refractivity contribution in [3.05, 3.63) is 23.4 Å². The maximum absolute atomic E-state index is 9.16. The first-order valence-corrected chi connectivity index (χ1v) is 6.56. The number of aryl methyl sites for hydroxylation is 1. The molecule has 1 aliphatic rings. The van der Waals surface area contributed by atoms with Crippen molar-refractivity contribution in [2.45, 2.75) is 26.4 Å². The summed E-state index contributed by atoms with van der Waals surface area (Å²) < 4.78 is 5.25. The summed E-state index contributed by atoms with van der Waals surface area (Å²) in [6, 6.07) is 3.98. The van der Waals surface area contributed by atoms with Crippen LogP contribution in [-0.4, -0.2) is 36.9 Å². The molecule has 2 rings (SSSR count). The monoisotopic (exact) mass is 250 g/mol. The zero-order chi connectivity index (χ0) is 13.0. The largest absolute Gasteiger partial charge is 0.392 e. The Balaban J connectivity index is 2.08. The Morgan fingerprint density at radius 3 is 3.00 bits per heavy atom. The highest BCUT2D eigenvalue weighted by molar-refractivity contribution is 5.42. The zero-order valence-corrected chi connectivity index (χ0v) is 11.2. The number of aliphatic hydroxyl groups is 1. The van der Waals surface area contributed by atoms with Gasteiger partial charge in [-0.2, -0.15) is 0 Å². The van der Waals surface area contributed by atoms with Crippen molar-refractivity contribution in [1.82, 2.24) is 4.98 Å². The van der Waals surface area contributed by atoms with Crippen LogP contribution in [0.25, 0.3) is 0 Å². The van der Waals surface area contributed by atoms with Gasteiger partial charge in [-0.15, -0.1) is 0 Å². The molecule has 18 heavy (non-hydrogen) atoms. The van der Waals surface area contributed by atoms with Gasteiger partial charge in [-0.05, 0) is 37.3 Å². The Kier molecular flexibility index (Phi) is 4.55. The van der Waals surface area contributed by atoms with E-state index in [1.165, 1.54) is 12.8 Å². The Morgan fingerprint density at radius 1 is 1.50 bits per heavy atom. The molecule has 4 heteroatoms. The van der Waals surface area contributed by atoms with E-state index < -0.39 is 0 Å². The fourth-order valence-electron chi connectivity index (χ4n) is 2.56. The summed E-state index contributed by atoms with van der Waals surface area (Å²) >= 11 is 0. The lowest BCUT2D eigenvalue weighted by Gasteiger charge is -2.33. The minimum atomic E-state index is 0.0609. The van der Waals surface area contributed by atoms with Crippen molar-refractivity contribution in [3.63, 3.8) is 0 Å². The van der Waals surface area contributed by atoms with Crippen molar-refractivity contribution in [3.8, 4) is 0 Å². The number of nitrogens with zero attached hydrogens (tertiary/aromatic N) is 2. The average molecular weight is 250 g/mol. The summed E-state index contributed by atoms with van der Waals surface area (Å²) in [5, 5.41) is 9.16. The minimum absolute atomic E-state index is 0.0609. The molecule has 0 radical (unpaired) electrons. The molecule has 1 fully saturated rings. The summed E-state index contributed by atoms with van der Waals surface area (Å²) in [4.78, 5) is 6.91. The van der Waals surface area contributed by atoms with E-state index in [1.54, 1.807) is 7.11 Å². The summed E-state index contributed by atoms with van der Waals surface area (Å²) in [6.07, 6.45) is 2.43. The molecule has 0 amide bonds. The van der Waals surface area contributed by atoms with Gasteiger partial charge < -0.3 is 14.7 Å². The van der Waals surface area contributed by atoms with E-state index in [0.29, 0.717) is 5.92 Å². The number of pyridine rings is 1. The van der Waals surface area contributed by atoms with Crippen LogP contribution >= 0.6 is 0 Å². The van der Waals surface area contributed by atoms with Crippen LogP contribution in [0.3, 0.4) is 0 Å². The number of rotatable bonds is 4. The van der Waals surface area contributed by atoms with E-state index in [-0.39, 0.29) is 6.61 Å². The number of anilines is 1. The highest BCUT2D eigenvalue weighted by Crippen LogP contribution is 2.22. The van der Waals surface area contributed by atoms with Crippen LogP contribution in [0.4, 0.5) is 5.82 Å². The molecule has 0 aromatic carbocycles. The summed E-state index contributed by atoms with van der Waals surface area (Å²) in [6.45, 7) is 4.91. The number of methoxy groups -OCH3 is 1. The van der Waals surface area contributed by atoms with Gasteiger partial charge >= 0.3 is 0 Å². The van der Waals surface area contributed by atoms with Crippen molar-refractivity contribution in [2.24, 2.45) is 5.92 Å². The zero-order valence-electron chi connectivity index (χ0n) is 11.2. The molecule has 1 aromatic heterocycles. The highest BCUT2D eigenvalue weighted by atomic mass is 16.5.